The van der Waals surface area contributed by atoms with Crippen LogP contribution in [0.15, 0.2) is 70.5 Å². The average Bonchev–Trinajstić information content (AvgIpc) is 2.61. The van der Waals surface area contributed by atoms with Gasteiger partial charge in [-0.05, 0) is 24.3 Å². The topological polar surface area (TPSA) is 80.5 Å². The number of carbonyl (C=O) groups is 1. The first-order valence-corrected chi connectivity index (χ1v) is 9.18. The summed E-state index contributed by atoms with van der Waals surface area (Å²) in [5.74, 6) is -0.264. The van der Waals surface area contributed by atoms with Crippen molar-refractivity contribution < 1.29 is 13.2 Å². The van der Waals surface area contributed by atoms with Crippen molar-refractivity contribution in [3.05, 3.63) is 60.7 Å². The van der Waals surface area contributed by atoms with Crippen LogP contribution >= 0.6 is 0 Å². The highest BCUT2D eigenvalue weighted by molar-refractivity contribution is 7.91. The molecule has 0 radical (unpaired) electrons. The van der Waals surface area contributed by atoms with E-state index < -0.39 is 9.84 Å². The maximum atomic E-state index is 13.1. The van der Waals surface area contributed by atoms with Crippen molar-refractivity contribution in [1.82, 2.24) is 0 Å². The maximum Gasteiger partial charge on any atom is 0.223 e. The van der Waals surface area contributed by atoms with Gasteiger partial charge in [-0.2, -0.15) is 0 Å². The fraction of sp³-hybridized carbons (Fsp3) is 0.105. The summed E-state index contributed by atoms with van der Waals surface area (Å²) in [5, 5.41) is 1.33. The second-order valence-electron chi connectivity index (χ2n) is 5.75. The summed E-state index contributed by atoms with van der Waals surface area (Å²) in [6, 6.07) is 16.6. The van der Waals surface area contributed by atoms with Gasteiger partial charge < -0.3 is 10.6 Å². The van der Waals surface area contributed by atoms with Gasteiger partial charge in [0, 0.05) is 30.4 Å². The van der Waals surface area contributed by atoms with Gasteiger partial charge in [0.2, 0.25) is 15.7 Å². The number of anilines is 2. The second kappa shape index (κ2) is 6.22. The molecule has 25 heavy (non-hydrogen) atoms. The van der Waals surface area contributed by atoms with Gasteiger partial charge >= 0.3 is 0 Å². The fourth-order valence-electron chi connectivity index (χ4n) is 2.79. The maximum absolute atomic E-state index is 13.1. The minimum Gasteiger partial charge on any atom is -0.398 e. The predicted octanol–water partition coefficient (Wildman–Crippen LogP) is 3.24. The molecule has 0 saturated carbocycles. The Morgan fingerprint density at radius 1 is 0.920 bits per heavy atom. The number of hydrogen-bond acceptors (Lipinski definition) is 4. The predicted molar refractivity (Wildman–Crippen MR) is 99.3 cm³/mol. The number of fused-ring (bicyclic) bond motifs is 1. The van der Waals surface area contributed by atoms with Gasteiger partial charge in [-0.15, -0.1) is 0 Å². The quantitative estimate of drug-likeness (QED) is 0.732. The van der Waals surface area contributed by atoms with Crippen molar-refractivity contribution in [3.63, 3.8) is 0 Å². The molecule has 0 fully saturated rings. The average molecular weight is 354 g/mol. The zero-order chi connectivity index (χ0) is 18.2. The zero-order valence-corrected chi connectivity index (χ0v) is 14.7. The van der Waals surface area contributed by atoms with Crippen molar-refractivity contribution in [2.45, 2.75) is 16.7 Å². The Labute approximate surface area is 146 Å². The number of hydrogen-bond donors (Lipinski definition) is 1. The van der Waals surface area contributed by atoms with E-state index in [4.69, 9.17) is 5.73 Å². The summed E-state index contributed by atoms with van der Waals surface area (Å²) in [7, 11) is -2.23. The summed E-state index contributed by atoms with van der Waals surface area (Å²) >= 11 is 0. The van der Waals surface area contributed by atoms with Crippen LogP contribution in [0.5, 0.6) is 0 Å². The van der Waals surface area contributed by atoms with Gasteiger partial charge in [-0.25, -0.2) is 8.42 Å². The molecule has 0 unspecified atom stereocenters. The standard InChI is InChI=1S/C19H18N2O3S/c1-13(22)21(2)19-16-9-6-10-17(20)15(16)11-12-18(19)25(23,24)14-7-4-3-5-8-14/h3-12H,20H2,1-2H3. The van der Waals surface area contributed by atoms with E-state index >= 15 is 0 Å². The molecule has 5 nitrogen and oxygen atoms in total. The Balaban J connectivity index is 2.40. The lowest BCUT2D eigenvalue weighted by molar-refractivity contribution is -0.116. The van der Waals surface area contributed by atoms with Crippen LogP contribution in [0.1, 0.15) is 6.92 Å². The van der Waals surface area contributed by atoms with E-state index in [0.717, 1.165) is 0 Å². The van der Waals surface area contributed by atoms with Crippen LogP contribution in [0, 0.1) is 0 Å². The molecule has 0 atom stereocenters. The third-order valence-corrected chi connectivity index (χ3v) is 5.98. The summed E-state index contributed by atoms with van der Waals surface area (Å²) < 4.78 is 26.3. The van der Waals surface area contributed by atoms with Gasteiger partial charge in [0.25, 0.3) is 0 Å². The van der Waals surface area contributed by atoms with E-state index in [9.17, 15) is 13.2 Å². The monoisotopic (exact) mass is 354 g/mol. The molecule has 0 heterocycles. The molecule has 0 aliphatic heterocycles. The smallest absolute Gasteiger partial charge is 0.223 e. The van der Waals surface area contributed by atoms with Crippen LogP contribution < -0.4 is 10.6 Å². The molecular weight excluding hydrogens is 336 g/mol. The Morgan fingerprint density at radius 2 is 1.60 bits per heavy atom. The molecule has 3 aromatic carbocycles. The van der Waals surface area contributed by atoms with Gasteiger partial charge in [0.15, 0.2) is 0 Å². The molecular formula is C19H18N2O3S. The number of sulfone groups is 1. The Morgan fingerprint density at radius 3 is 2.24 bits per heavy atom. The van der Waals surface area contributed by atoms with Crippen LogP contribution in [0.3, 0.4) is 0 Å². The van der Waals surface area contributed by atoms with Crippen molar-refractivity contribution >= 4 is 37.9 Å². The van der Waals surface area contributed by atoms with Crippen molar-refractivity contribution in [2.75, 3.05) is 17.7 Å². The second-order valence-corrected chi connectivity index (χ2v) is 7.67. The minimum absolute atomic E-state index is 0.0782. The summed E-state index contributed by atoms with van der Waals surface area (Å²) in [6.07, 6.45) is 0. The number of rotatable bonds is 3. The van der Waals surface area contributed by atoms with Gasteiger partial charge in [-0.3, -0.25) is 4.79 Å². The Kier molecular flexibility index (Phi) is 4.22. The molecule has 3 aromatic rings. The third kappa shape index (κ3) is 2.85. The Bertz CT molecular complexity index is 1060. The number of carbonyl (C=O) groups excluding carboxylic acids is 1. The summed E-state index contributed by atoms with van der Waals surface area (Å²) in [5.41, 5.74) is 6.88. The zero-order valence-electron chi connectivity index (χ0n) is 13.9. The highest BCUT2D eigenvalue weighted by Crippen LogP contribution is 2.38. The number of nitrogen functional groups attached to an aromatic ring is 1. The van der Waals surface area contributed by atoms with E-state index in [1.54, 1.807) is 49.5 Å². The minimum atomic E-state index is -3.79. The van der Waals surface area contributed by atoms with Gasteiger partial charge in [-0.1, -0.05) is 36.4 Å². The molecule has 0 saturated heterocycles. The highest BCUT2D eigenvalue weighted by Gasteiger charge is 2.26. The lowest BCUT2D eigenvalue weighted by Crippen LogP contribution is -2.25. The van der Waals surface area contributed by atoms with Gasteiger partial charge in [0.05, 0.1) is 15.5 Å². The molecule has 0 aliphatic rings. The van der Waals surface area contributed by atoms with Crippen LogP contribution in [0.25, 0.3) is 10.8 Å². The van der Waals surface area contributed by atoms with Crippen LogP contribution in [-0.4, -0.2) is 21.4 Å². The van der Waals surface area contributed by atoms with Gasteiger partial charge in [0.1, 0.15) is 0 Å². The SMILES string of the molecule is CC(=O)N(C)c1c(S(=O)(=O)c2ccccc2)ccc2c(N)cccc12. The fourth-order valence-corrected chi connectivity index (χ4v) is 4.31. The lowest BCUT2D eigenvalue weighted by Gasteiger charge is -2.22. The van der Waals surface area contributed by atoms with Crippen molar-refractivity contribution in [1.29, 1.82) is 0 Å². The van der Waals surface area contributed by atoms with Crippen molar-refractivity contribution in [3.8, 4) is 0 Å². The lowest BCUT2D eigenvalue weighted by atomic mass is 10.1. The van der Waals surface area contributed by atoms with Crippen LogP contribution in [-0.2, 0) is 14.6 Å². The number of amides is 1. The molecule has 0 aromatic heterocycles. The van der Waals surface area contributed by atoms with E-state index in [-0.39, 0.29) is 15.7 Å². The van der Waals surface area contributed by atoms with E-state index in [1.807, 2.05) is 0 Å². The molecule has 0 aliphatic carbocycles. The van der Waals surface area contributed by atoms with Crippen LogP contribution in [0.2, 0.25) is 0 Å². The molecule has 0 bridgehead atoms. The number of nitrogens with two attached hydrogens (primary N) is 1. The van der Waals surface area contributed by atoms with E-state index in [0.29, 0.717) is 22.1 Å². The first-order valence-electron chi connectivity index (χ1n) is 7.69. The third-order valence-electron chi connectivity index (χ3n) is 4.18. The number of nitrogens with zero attached hydrogens (tertiary/aromatic N) is 1. The molecule has 0 spiro atoms. The van der Waals surface area contributed by atoms with Crippen molar-refractivity contribution in [2.24, 2.45) is 0 Å². The molecule has 3 rings (SSSR count). The highest BCUT2D eigenvalue weighted by atomic mass is 32.2. The Hall–Kier alpha value is -2.86. The number of benzene rings is 3. The van der Waals surface area contributed by atoms with E-state index in [2.05, 4.69) is 0 Å². The molecule has 2 N–H and O–H groups in total. The van der Waals surface area contributed by atoms with Crippen LogP contribution in [0.4, 0.5) is 11.4 Å². The summed E-state index contributed by atoms with van der Waals surface area (Å²) in [4.78, 5) is 13.6. The largest absolute Gasteiger partial charge is 0.398 e. The first-order chi connectivity index (χ1) is 11.8. The molecule has 128 valence electrons. The first kappa shape index (κ1) is 17.0. The summed E-state index contributed by atoms with van der Waals surface area (Å²) in [6.45, 7) is 1.39. The van der Waals surface area contributed by atoms with E-state index in [1.165, 1.54) is 30.0 Å². The molecule has 1 amide bonds. The normalized spacial score (nSPS) is 11.4. The molecule has 6 heteroatoms.